The second-order valence-electron chi connectivity index (χ2n) is 5.69. The van der Waals surface area contributed by atoms with Gasteiger partial charge in [0.1, 0.15) is 5.75 Å². The summed E-state index contributed by atoms with van der Waals surface area (Å²) in [6.07, 6.45) is 0.652. The highest BCUT2D eigenvalue weighted by Crippen LogP contribution is 2.36. The van der Waals surface area contributed by atoms with Crippen molar-refractivity contribution in [2.75, 3.05) is 13.2 Å². The Morgan fingerprint density at radius 2 is 2.04 bits per heavy atom. The molecule has 1 heterocycles. The predicted molar refractivity (Wildman–Crippen MR) is 85.6 cm³/mol. The van der Waals surface area contributed by atoms with Crippen molar-refractivity contribution < 1.29 is 19.7 Å². The lowest BCUT2D eigenvalue weighted by molar-refractivity contribution is 0.0696. The maximum absolute atomic E-state index is 11.1. The van der Waals surface area contributed by atoms with Crippen LogP contribution in [-0.4, -0.2) is 29.4 Å². The van der Waals surface area contributed by atoms with Crippen LogP contribution < -0.4 is 10.1 Å². The summed E-state index contributed by atoms with van der Waals surface area (Å²) in [4.78, 5) is 11.1. The highest BCUT2D eigenvalue weighted by molar-refractivity contribution is 5.87. The monoisotopic (exact) mass is 313 g/mol. The Bertz CT molecular complexity index is 716. The summed E-state index contributed by atoms with van der Waals surface area (Å²) >= 11 is 0. The third-order valence-corrected chi connectivity index (χ3v) is 4.26. The van der Waals surface area contributed by atoms with E-state index in [4.69, 9.17) is 9.84 Å². The number of ether oxygens (including phenoxy) is 1. The average molecular weight is 313 g/mol. The van der Waals surface area contributed by atoms with Crippen LogP contribution in [0.1, 0.15) is 27.9 Å². The van der Waals surface area contributed by atoms with E-state index in [0.717, 1.165) is 16.9 Å². The number of benzene rings is 2. The van der Waals surface area contributed by atoms with Crippen molar-refractivity contribution in [1.29, 1.82) is 0 Å². The molecule has 0 bridgehead atoms. The molecule has 1 unspecified atom stereocenters. The van der Waals surface area contributed by atoms with E-state index in [9.17, 15) is 9.90 Å². The fourth-order valence-electron chi connectivity index (χ4n) is 2.95. The summed E-state index contributed by atoms with van der Waals surface area (Å²) in [7, 11) is 0. The molecule has 0 amide bonds. The van der Waals surface area contributed by atoms with Gasteiger partial charge in [0.2, 0.25) is 0 Å². The van der Waals surface area contributed by atoms with Crippen LogP contribution in [-0.2, 0) is 12.1 Å². The number of fused-ring (bicyclic) bond motifs is 1. The lowest BCUT2D eigenvalue weighted by atomic mass is 9.85. The highest BCUT2D eigenvalue weighted by Gasteiger charge is 2.36. The molecular formula is C18H19NO4. The molecule has 0 aromatic heterocycles. The minimum absolute atomic E-state index is 0.0496. The van der Waals surface area contributed by atoms with Crippen LogP contribution in [0.2, 0.25) is 0 Å². The van der Waals surface area contributed by atoms with Gasteiger partial charge < -0.3 is 20.3 Å². The molecule has 0 spiro atoms. The second kappa shape index (κ2) is 6.40. The summed E-state index contributed by atoms with van der Waals surface area (Å²) in [5.74, 6) is -0.167. The highest BCUT2D eigenvalue weighted by atomic mass is 16.5. The third kappa shape index (κ3) is 3.06. The Morgan fingerprint density at radius 3 is 2.83 bits per heavy atom. The van der Waals surface area contributed by atoms with Crippen LogP contribution in [0.4, 0.5) is 0 Å². The van der Waals surface area contributed by atoms with Gasteiger partial charge >= 0.3 is 5.97 Å². The minimum Gasteiger partial charge on any atom is -0.493 e. The Hall–Kier alpha value is -2.37. The molecule has 0 radical (unpaired) electrons. The van der Waals surface area contributed by atoms with Crippen LogP contribution in [0.15, 0.2) is 48.5 Å². The molecule has 2 aromatic rings. The first-order chi connectivity index (χ1) is 11.1. The van der Waals surface area contributed by atoms with E-state index in [-0.39, 0.29) is 12.2 Å². The number of aliphatic hydroxyl groups excluding tert-OH is 1. The van der Waals surface area contributed by atoms with E-state index >= 15 is 0 Å². The van der Waals surface area contributed by atoms with Crippen LogP contribution in [0.25, 0.3) is 0 Å². The molecule has 1 atom stereocenters. The number of hydrogen-bond donors (Lipinski definition) is 3. The molecule has 2 aromatic carbocycles. The Kier molecular flexibility index (Phi) is 4.32. The predicted octanol–water partition coefficient (Wildman–Crippen LogP) is 2.14. The quantitative estimate of drug-likeness (QED) is 0.788. The molecular weight excluding hydrogens is 294 g/mol. The van der Waals surface area contributed by atoms with Crippen molar-refractivity contribution in [2.45, 2.75) is 18.5 Å². The first kappa shape index (κ1) is 15.5. The van der Waals surface area contributed by atoms with E-state index in [2.05, 4.69) is 5.32 Å². The van der Waals surface area contributed by atoms with Gasteiger partial charge in [0.05, 0.1) is 24.3 Å². The minimum atomic E-state index is -0.944. The van der Waals surface area contributed by atoms with Gasteiger partial charge in [-0.05, 0) is 23.8 Å². The van der Waals surface area contributed by atoms with Gasteiger partial charge in [-0.1, -0.05) is 30.3 Å². The van der Waals surface area contributed by atoms with E-state index in [1.54, 1.807) is 18.2 Å². The van der Waals surface area contributed by atoms with E-state index < -0.39 is 11.5 Å². The van der Waals surface area contributed by atoms with E-state index in [1.165, 1.54) is 0 Å². The zero-order valence-electron chi connectivity index (χ0n) is 12.7. The topological polar surface area (TPSA) is 78.8 Å². The number of nitrogens with one attached hydrogen (secondary N) is 1. The molecule has 5 heteroatoms. The van der Waals surface area contributed by atoms with Gasteiger partial charge in [-0.25, -0.2) is 4.79 Å². The summed E-state index contributed by atoms with van der Waals surface area (Å²) in [6, 6.07) is 14.5. The fourth-order valence-corrected chi connectivity index (χ4v) is 2.95. The molecule has 3 N–H and O–H groups in total. The van der Waals surface area contributed by atoms with Gasteiger partial charge in [0.25, 0.3) is 0 Å². The number of rotatable bonds is 5. The molecule has 0 saturated carbocycles. The normalized spacial score (nSPS) is 19.7. The van der Waals surface area contributed by atoms with Crippen LogP contribution in [0, 0.1) is 0 Å². The number of carboxylic acids is 1. The largest absolute Gasteiger partial charge is 0.493 e. The average Bonchev–Trinajstić information content (AvgIpc) is 2.60. The van der Waals surface area contributed by atoms with Crippen molar-refractivity contribution in [3.63, 3.8) is 0 Å². The summed E-state index contributed by atoms with van der Waals surface area (Å²) in [6.45, 7) is 0.946. The lowest BCUT2D eigenvalue weighted by Gasteiger charge is -2.38. The van der Waals surface area contributed by atoms with Crippen molar-refractivity contribution in [3.8, 4) is 5.75 Å². The SMILES string of the molecule is O=C(O)c1cccc(CNC2(CO)CCOc3ccccc32)c1. The maximum Gasteiger partial charge on any atom is 0.335 e. The first-order valence-corrected chi connectivity index (χ1v) is 7.55. The van der Waals surface area contributed by atoms with Crippen LogP contribution in [0.5, 0.6) is 5.75 Å². The van der Waals surface area contributed by atoms with E-state index in [1.807, 2.05) is 30.3 Å². The lowest BCUT2D eigenvalue weighted by Crippen LogP contribution is -2.48. The van der Waals surface area contributed by atoms with Crippen molar-refractivity contribution in [3.05, 3.63) is 65.2 Å². The molecule has 23 heavy (non-hydrogen) atoms. The number of carbonyl (C=O) groups is 1. The van der Waals surface area contributed by atoms with Gasteiger partial charge in [-0.2, -0.15) is 0 Å². The third-order valence-electron chi connectivity index (χ3n) is 4.26. The molecule has 5 nitrogen and oxygen atoms in total. The van der Waals surface area contributed by atoms with Crippen molar-refractivity contribution in [1.82, 2.24) is 5.32 Å². The zero-order valence-corrected chi connectivity index (χ0v) is 12.7. The molecule has 0 saturated heterocycles. The fraction of sp³-hybridized carbons (Fsp3) is 0.278. The number of carboxylic acid groups (broad SMARTS) is 1. The molecule has 0 aliphatic carbocycles. The second-order valence-corrected chi connectivity index (χ2v) is 5.69. The molecule has 1 aliphatic rings. The van der Waals surface area contributed by atoms with Crippen molar-refractivity contribution in [2.24, 2.45) is 0 Å². The Balaban J connectivity index is 1.84. The number of aromatic carboxylic acids is 1. The summed E-state index contributed by atoms with van der Waals surface area (Å²) in [5.41, 5.74) is 1.48. The Morgan fingerprint density at radius 1 is 1.22 bits per heavy atom. The molecule has 3 rings (SSSR count). The van der Waals surface area contributed by atoms with Gasteiger partial charge in [-0.3, -0.25) is 0 Å². The van der Waals surface area contributed by atoms with Crippen LogP contribution >= 0.6 is 0 Å². The summed E-state index contributed by atoms with van der Waals surface area (Å²) in [5, 5.41) is 22.5. The molecule has 0 fully saturated rings. The zero-order chi connectivity index (χ0) is 16.3. The van der Waals surface area contributed by atoms with E-state index in [0.29, 0.717) is 19.6 Å². The molecule has 1 aliphatic heterocycles. The number of aliphatic hydroxyl groups is 1. The number of hydrogen-bond acceptors (Lipinski definition) is 4. The van der Waals surface area contributed by atoms with Gasteiger partial charge in [-0.15, -0.1) is 0 Å². The van der Waals surface area contributed by atoms with Crippen molar-refractivity contribution >= 4 is 5.97 Å². The van der Waals surface area contributed by atoms with Gasteiger partial charge in [0, 0.05) is 18.5 Å². The smallest absolute Gasteiger partial charge is 0.335 e. The Labute approximate surface area is 134 Å². The first-order valence-electron chi connectivity index (χ1n) is 7.55. The standard InChI is InChI=1S/C18H19NO4/c20-12-18(8-9-23-16-7-2-1-6-15(16)18)19-11-13-4-3-5-14(10-13)17(21)22/h1-7,10,19-20H,8-9,11-12H2,(H,21,22). The number of para-hydroxylation sites is 1. The van der Waals surface area contributed by atoms with Crippen LogP contribution in [0.3, 0.4) is 0 Å². The summed E-state index contributed by atoms with van der Waals surface area (Å²) < 4.78 is 5.65. The van der Waals surface area contributed by atoms with Gasteiger partial charge in [0.15, 0.2) is 0 Å². The maximum atomic E-state index is 11.1. The molecule has 120 valence electrons.